The molecule has 0 bridgehead atoms. The van der Waals surface area contributed by atoms with Crippen LogP contribution in [0.25, 0.3) is 22.0 Å². The van der Waals surface area contributed by atoms with Crippen molar-refractivity contribution in [2.24, 2.45) is 0 Å². The fraction of sp³-hybridized carbons (Fsp3) is 0.240. The lowest BCUT2D eigenvalue weighted by Gasteiger charge is -2.11. The van der Waals surface area contributed by atoms with Crippen LogP contribution in [0.1, 0.15) is 39.9 Å². The number of rotatable bonds is 5. The van der Waals surface area contributed by atoms with Crippen molar-refractivity contribution in [3.8, 4) is 16.9 Å². The summed E-state index contributed by atoms with van der Waals surface area (Å²) >= 11 is 0. The zero-order chi connectivity index (χ0) is 21.4. The molecule has 0 amide bonds. The Morgan fingerprint density at radius 2 is 1.90 bits per heavy atom. The summed E-state index contributed by atoms with van der Waals surface area (Å²) in [6.07, 6.45) is 1.63. The monoisotopic (exact) mass is 403 g/mol. The van der Waals surface area contributed by atoms with Crippen LogP contribution in [0.4, 0.5) is 0 Å². The SMILES string of the molecule is CCOC(=O)c1c(C)n(Cc2ccco2)c2cc(-c3ccc(C)c(C)c3)c(O)cc12. The Balaban J connectivity index is 1.96. The van der Waals surface area contributed by atoms with E-state index in [0.29, 0.717) is 17.5 Å². The summed E-state index contributed by atoms with van der Waals surface area (Å²) in [5.41, 5.74) is 6.09. The van der Waals surface area contributed by atoms with Gasteiger partial charge in [-0.1, -0.05) is 18.2 Å². The van der Waals surface area contributed by atoms with E-state index in [9.17, 15) is 9.90 Å². The third-order valence-electron chi connectivity index (χ3n) is 5.63. The molecule has 154 valence electrons. The quantitative estimate of drug-likeness (QED) is 0.431. The Hall–Kier alpha value is -3.47. The lowest BCUT2D eigenvalue weighted by atomic mass is 9.98. The maximum absolute atomic E-state index is 12.7. The first-order valence-electron chi connectivity index (χ1n) is 10.0. The number of nitrogens with zero attached hydrogens (tertiary/aromatic N) is 1. The normalized spacial score (nSPS) is 11.2. The second kappa shape index (κ2) is 7.75. The first-order chi connectivity index (χ1) is 14.4. The molecule has 5 heteroatoms. The van der Waals surface area contributed by atoms with Gasteiger partial charge in [0.15, 0.2) is 0 Å². The molecule has 1 N–H and O–H groups in total. The molecule has 4 rings (SSSR count). The fourth-order valence-corrected chi connectivity index (χ4v) is 3.87. The van der Waals surface area contributed by atoms with Crippen LogP contribution in [0.5, 0.6) is 5.75 Å². The van der Waals surface area contributed by atoms with Crippen LogP contribution in [0.3, 0.4) is 0 Å². The summed E-state index contributed by atoms with van der Waals surface area (Å²) in [7, 11) is 0. The minimum absolute atomic E-state index is 0.131. The minimum atomic E-state index is -0.392. The predicted octanol–water partition coefficient (Wildman–Crippen LogP) is 5.76. The van der Waals surface area contributed by atoms with Crippen LogP contribution in [0, 0.1) is 20.8 Å². The molecule has 0 fully saturated rings. The number of esters is 1. The van der Waals surface area contributed by atoms with E-state index in [-0.39, 0.29) is 12.4 Å². The van der Waals surface area contributed by atoms with Gasteiger partial charge in [0.05, 0.1) is 30.5 Å². The first-order valence-corrected chi connectivity index (χ1v) is 10.0. The van der Waals surface area contributed by atoms with Crippen LogP contribution in [-0.2, 0) is 11.3 Å². The van der Waals surface area contributed by atoms with Crippen molar-refractivity contribution in [3.63, 3.8) is 0 Å². The molecule has 0 spiro atoms. The number of aromatic hydroxyl groups is 1. The van der Waals surface area contributed by atoms with Crippen molar-refractivity contribution >= 4 is 16.9 Å². The van der Waals surface area contributed by atoms with Gasteiger partial charge in [0.25, 0.3) is 0 Å². The third kappa shape index (κ3) is 3.36. The van der Waals surface area contributed by atoms with Crippen LogP contribution in [0.2, 0.25) is 0 Å². The molecule has 0 aliphatic carbocycles. The van der Waals surface area contributed by atoms with E-state index in [1.165, 1.54) is 5.56 Å². The molecular weight excluding hydrogens is 378 g/mol. The van der Waals surface area contributed by atoms with E-state index in [1.54, 1.807) is 19.3 Å². The highest BCUT2D eigenvalue weighted by Gasteiger charge is 2.23. The predicted molar refractivity (Wildman–Crippen MR) is 117 cm³/mol. The van der Waals surface area contributed by atoms with Gasteiger partial charge in [0, 0.05) is 16.6 Å². The van der Waals surface area contributed by atoms with E-state index in [1.807, 2.05) is 41.8 Å². The Morgan fingerprint density at radius 1 is 1.10 bits per heavy atom. The zero-order valence-corrected chi connectivity index (χ0v) is 17.7. The van der Waals surface area contributed by atoms with Crippen LogP contribution < -0.4 is 0 Å². The maximum Gasteiger partial charge on any atom is 0.340 e. The smallest absolute Gasteiger partial charge is 0.340 e. The lowest BCUT2D eigenvalue weighted by Crippen LogP contribution is -2.08. The van der Waals surface area contributed by atoms with Gasteiger partial charge in [0.2, 0.25) is 0 Å². The van der Waals surface area contributed by atoms with Crippen molar-refractivity contribution < 1.29 is 19.1 Å². The van der Waals surface area contributed by atoms with Crippen molar-refractivity contribution in [1.29, 1.82) is 0 Å². The number of carbonyl (C=O) groups excluding carboxylic acids is 1. The number of benzene rings is 2. The summed E-state index contributed by atoms with van der Waals surface area (Å²) in [6, 6.07) is 13.5. The minimum Gasteiger partial charge on any atom is -0.507 e. The van der Waals surface area contributed by atoms with E-state index < -0.39 is 5.97 Å². The number of phenols is 1. The molecule has 4 aromatic rings. The van der Waals surface area contributed by atoms with Gasteiger partial charge in [-0.05, 0) is 68.7 Å². The summed E-state index contributed by atoms with van der Waals surface area (Å²) < 4.78 is 12.9. The Labute approximate surface area is 175 Å². The summed E-state index contributed by atoms with van der Waals surface area (Å²) in [5, 5.41) is 11.5. The summed E-state index contributed by atoms with van der Waals surface area (Å²) in [6.45, 7) is 8.55. The largest absolute Gasteiger partial charge is 0.507 e. The molecule has 2 heterocycles. The standard InChI is InChI=1S/C25H25NO4/c1-5-29-25(28)24-17(4)26(14-19-7-6-10-30-19)22-12-20(23(27)13-21(22)24)18-9-8-15(2)16(3)11-18/h6-13,27H,5,14H2,1-4H3. The maximum atomic E-state index is 12.7. The average Bonchev–Trinajstić information content (AvgIpc) is 3.31. The highest BCUT2D eigenvalue weighted by Crippen LogP contribution is 2.38. The van der Waals surface area contributed by atoms with Gasteiger partial charge in [0.1, 0.15) is 11.5 Å². The number of aryl methyl sites for hydroxylation is 2. The Bertz CT molecular complexity index is 1230. The van der Waals surface area contributed by atoms with Crippen LogP contribution >= 0.6 is 0 Å². The number of aromatic nitrogens is 1. The van der Waals surface area contributed by atoms with Gasteiger partial charge in [-0.15, -0.1) is 0 Å². The van der Waals surface area contributed by atoms with E-state index in [2.05, 4.69) is 19.9 Å². The molecule has 2 aromatic carbocycles. The number of fused-ring (bicyclic) bond motifs is 1. The molecule has 30 heavy (non-hydrogen) atoms. The van der Waals surface area contributed by atoms with Crippen LogP contribution in [-0.4, -0.2) is 22.2 Å². The number of carbonyl (C=O) groups is 1. The molecule has 0 saturated carbocycles. The molecule has 2 aromatic heterocycles. The van der Waals surface area contributed by atoms with Gasteiger partial charge in [-0.25, -0.2) is 4.79 Å². The molecule has 0 unspecified atom stereocenters. The number of phenolic OH excluding ortho intramolecular Hbond substituents is 1. The highest BCUT2D eigenvalue weighted by atomic mass is 16.5. The summed E-state index contributed by atoms with van der Waals surface area (Å²) in [4.78, 5) is 12.7. The molecule has 5 nitrogen and oxygen atoms in total. The van der Waals surface area contributed by atoms with E-state index in [0.717, 1.165) is 33.7 Å². The second-order valence-corrected chi connectivity index (χ2v) is 7.53. The number of furan rings is 1. The number of hydrogen-bond acceptors (Lipinski definition) is 4. The number of hydrogen-bond donors (Lipinski definition) is 1. The van der Waals surface area contributed by atoms with Crippen molar-refractivity contribution in [2.75, 3.05) is 6.61 Å². The molecular formula is C25H25NO4. The Morgan fingerprint density at radius 3 is 2.57 bits per heavy atom. The fourth-order valence-electron chi connectivity index (χ4n) is 3.87. The topological polar surface area (TPSA) is 64.6 Å². The highest BCUT2D eigenvalue weighted by molar-refractivity contribution is 6.07. The molecule has 0 radical (unpaired) electrons. The summed E-state index contributed by atoms with van der Waals surface area (Å²) in [5.74, 6) is 0.522. The average molecular weight is 403 g/mol. The van der Waals surface area contributed by atoms with E-state index >= 15 is 0 Å². The molecule has 0 aliphatic heterocycles. The number of ether oxygens (including phenoxy) is 1. The van der Waals surface area contributed by atoms with Gasteiger partial charge < -0.3 is 18.8 Å². The van der Waals surface area contributed by atoms with Gasteiger partial charge >= 0.3 is 5.97 Å². The molecule has 0 saturated heterocycles. The Kier molecular flexibility index (Phi) is 5.12. The first kappa shape index (κ1) is 19.8. The lowest BCUT2D eigenvalue weighted by molar-refractivity contribution is 0.0527. The van der Waals surface area contributed by atoms with Crippen LogP contribution in [0.15, 0.2) is 53.1 Å². The third-order valence-corrected chi connectivity index (χ3v) is 5.63. The molecule has 0 aliphatic rings. The van der Waals surface area contributed by atoms with Crippen molar-refractivity contribution in [3.05, 3.63) is 76.9 Å². The second-order valence-electron chi connectivity index (χ2n) is 7.53. The zero-order valence-electron chi connectivity index (χ0n) is 17.7. The van der Waals surface area contributed by atoms with Crippen molar-refractivity contribution in [2.45, 2.75) is 34.2 Å². The van der Waals surface area contributed by atoms with Gasteiger partial charge in [-0.3, -0.25) is 0 Å². The molecule has 0 atom stereocenters. The van der Waals surface area contributed by atoms with Crippen molar-refractivity contribution in [1.82, 2.24) is 4.57 Å². The van der Waals surface area contributed by atoms with E-state index in [4.69, 9.17) is 9.15 Å². The van der Waals surface area contributed by atoms with Gasteiger partial charge in [-0.2, -0.15) is 0 Å².